The third kappa shape index (κ3) is 11.7. The number of hydrogen-bond acceptors (Lipinski definition) is 8. The molecule has 11 heteroatoms. The highest BCUT2D eigenvalue weighted by Crippen LogP contribution is 2.68. The van der Waals surface area contributed by atoms with Gasteiger partial charge in [0.25, 0.3) is 0 Å². The number of carbonyl (C=O) groups excluding carboxylic acids is 2. The first-order valence-corrected chi connectivity index (χ1v) is 17.1. The van der Waals surface area contributed by atoms with Crippen molar-refractivity contribution in [2.45, 2.75) is 97.8 Å². The first-order valence-electron chi connectivity index (χ1n) is 12.0. The van der Waals surface area contributed by atoms with E-state index in [0.29, 0.717) is 0 Å². The summed E-state index contributed by atoms with van der Waals surface area (Å²) in [5, 5.41) is 2.60. The lowest BCUT2D eigenvalue weighted by Crippen LogP contribution is -2.52. The molecule has 9 nitrogen and oxygen atoms in total. The monoisotopic (exact) mass is 546 g/mol. The molecule has 1 unspecified atom stereocenters. The first-order chi connectivity index (χ1) is 16.3. The number of rotatable bonds is 11. The highest BCUT2D eigenvalue weighted by atomic mass is 31.2. The standard InChI is InChI=1S/C25H44NO8PSi/c1-18(20(21(27)30-8)26-23(28)31-17-19-15-13-12-14-16-19)22(32-36(9,10)11)35(29,33-24(2,3)4)34-25(5,6)7/h12-16,18,20,22,29H,17H2,1-11H3/p+1/t18-,20+,22?/m1/s1. The summed E-state index contributed by atoms with van der Waals surface area (Å²) in [6, 6.07) is 7.99. The van der Waals surface area contributed by atoms with Gasteiger partial charge in [-0.05, 0) is 66.7 Å². The number of alkyl carbamates (subject to hydrolysis) is 1. The molecule has 0 saturated heterocycles. The van der Waals surface area contributed by atoms with Crippen LogP contribution in [0, 0.1) is 5.92 Å². The molecule has 3 atom stereocenters. The molecular formula is C25H45NO8PSi+. The molecule has 0 bridgehead atoms. The fraction of sp³-hybridized carbons (Fsp3) is 0.680. The third-order valence-electron chi connectivity index (χ3n) is 4.52. The van der Waals surface area contributed by atoms with E-state index in [2.05, 4.69) is 5.32 Å². The number of ether oxygens (including phenoxy) is 2. The number of methoxy groups -OCH3 is 1. The zero-order valence-electron chi connectivity index (χ0n) is 23.6. The minimum atomic E-state index is -3.77. The van der Waals surface area contributed by atoms with Gasteiger partial charge in [0.2, 0.25) is 5.85 Å². The smallest absolute Gasteiger partial charge is 0.440 e. The van der Waals surface area contributed by atoms with Crippen LogP contribution >= 0.6 is 7.94 Å². The van der Waals surface area contributed by atoms with E-state index in [1.807, 2.05) is 50.0 Å². The second kappa shape index (κ2) is 12.8. The fourth-order valence-corrected chi connectivity index (χ4v) is 8.33. The quantitative estimate of drug-likeness (QED) is 0.208. The Bertz CT molecular complexity index is 832. The number of nitrogens with one attached hydrogen (secondary N) is 1. The van der Waals surface area contributed by atoms with Crippen LogP contribution in [0.4, 0.5) is 4.79 Å². The molecule has 36 heavy (non-hydrogen) atoms. The zero-order chi connectivity index (χ0) is 27.9. The maximum Gasteiger partial charge on any atom is 0.440 e. The Kier molecular flexibility index (Phi) is 11.5. The minimum Gasteiger partial charge on any atom is -0.467 e. The molecule has 0 fully saturated rings. The molecule has 0 saturated carbocycles. The number of hydrogen-bond donors (Lipinski definition) is 2. The van der Waals surface area contributed by atoms with Gasteiger partial charge in [0, 0.05) is 0 Å². The summed E-state index contributed by atoms with van der Waals surface area (Å²) in [5.74, 6) is -2.56. The van der Waals surface area contributed by atoms with Crippen molar-refractivity contribution in [2.24, 2.45) is 5.92 Å². The van der Waals surface area contributed by atoms with Gasteiger partial charge >= 0.3 is 20.0 Å². The van der Waals surface area contributed by atoms with E-state index in [0.717, 1.165) is 5.56 Å². The fourth-order valence-electron chi connectivity index (χ4n) is 3.33. The molecule has 0 aliphatic rings. The second-order valence-corrected chi connectivity index (χ2v) is 18.1. The highest BCUT2D eigenvalue weighted by molar-refractivity contribution is 7.61. The predicted molar refractivity (Wildman–Crippen MR) is 144 cm³/mol. The van der Waals surface area contributed by atoms with E-state index >= 15 is 0 Å². The van der Waals surface area contributed by atoms with Crippen LogP contribution in [-0.2, 0) is 34.3 Å². The van der Waals surface area contributed by atoms with Crippen LogP contribution in [0.3, 0.4) is 0 Å². The van der Waals surface area contributed by atoms with Crippen LogP contribution in [-0.4, -0.2) is 55.5 Å². The first kappa shape index (κ1) is 32.5. The molecule has 1 aromatic rings. The Hall–Kier alpha value is -1.55. The Morgan fingerprint density at radius 2 is 1.50 bits per heavy atom. The molecule has 1 aromatic carbocycles. The lowest BCUT2D eigenvalue weighted by Gasteiger charge is -2.39. The summed E-state index contributed by atoms with van der Waals surface area (Å²) in [6.45, 7) is 18.4. The van der Waals surface area contributed by atoms with Gasteiger partial charge in [0.1, 0.15) is 23.9 Å². The molecule has 1 rings (SSSR count). The number of carbonyl (C=O) groups is 2. The average Bonchev–Trinajstić information content (AvgIpc) is 2.70. The summed E-state index contributed by atoms with van der Waals surface area (Å²) in [6.07, 6.45) is -0.803. The van der Waals surface area contributed by atoms with Crippen molar-refractivity contribution in [1.82, 2.24) is 5.32 Å². The van der Waals surface area contributed by atoms with Crippen molar-refractivity contribution in [2.75, 3.05) is 7.11 Å². The summed E-state index contributed by atoms with van der Waals surface area (Å²) >= 11 is 0. The Morgan fingerprint density at radius 3 is 1.92 bits per heavy atom. The van der Waals surface area contributed by atoms with Crippen molar-refractivity contribution in [1.29, 1.82) is 0 Å². The molecule has 206 valence electrons. The SMILES string of the molecule is COC(=O)[C@@H](NC(=O)OCc1ccccc1)[C@@H](C)C(O[Si](C)(C)C)[P+](O)(OC(C)(C)C)OC(C)(C)C. The lowest BCUT2D eigenvalue weighted by molar-refractivity contribution is -0.145. The van der Waals surface area contributed by atoms with Crippen LogP contribution in [0.1, 0.15) is 54.0 Å². The Morgan fingerprint density at radius 1 is 1.00 bits per heavy atom. The molecule has 0 aromatic heterocycles. The molecule has 0 spiro atoms. The Labute approximate surface area is 217 Å². The molecule has 0 aliphatic heterocycles. The molecule has 0 heterocycles. The minimum absolute atomic E-state index is 0.0288. The predicted octanol–water partition coefficient (Wildman–Crippen LogP) is 5.65. The number of benzene rings is 1. The average molecular weight is 547 g/mol. The molecule has 0 aliphatic carbocycles. The normalized spacial score (nSPS) is 15.6. The second-order valence-electron chi connectivity index (χ2n) is 11.7. The van der Waals surface area contributed by atoms with Crippen molar-refractivity contribution in [3.8, 4) is 0 Å². The largest absolute Gasteiger partial charge is 0.467 e. The topological polar surface area (TPSA) is 113 Å². The van der Waals surface area contributed by atoms with Gasteiger partial charge in [-0.3, -0.25) is 0 Å². The van der Waals surface area contributed by atoms with Crippen molar-refractivity contribution < 1.29 is 37.4 Å². The maximum atomic E-state index is 12.8. The molecule has 1 amide bonds. The Balaban J connectivity index is 3.35. The van der Waals surface area contributed by atoms with E-state index in [9.17, 15) is 14.5 Å². The lowest BCUT2D eigenvalue weighted by atomic mass is 10.0. The zero-order valence-corrected chi connectivity index (χ0v) is 25.5. The van der Waals surface area contributed by atoms with Gasteiger partial charge in [-0.25, -0.2) is 9.59 Å². The highest BCUT2D eigenvalue weighted by Gasteiger charge is 2.61. The van der Waals surface area contributed by atoms with Gasteiger partial charge in [-0.15, -0.1) is 0 Å². The third-order valence-corrected chi connectivity index (χ3v) is 8.52. The van der Waals surface area contributed by atoms with Crippen LogP contribution < -0.4 is 5.32 Å². The van der Waals surface area contributed by atoms with Gasteiger partial charge in [-0.2, -0.15) is 13.9 Å². The van der Waals surface area contributed by atoms with Crippen molar-refractivity contribution in [3.05, 3.63) is 35.9 Å². The van der Waals surface area contributed by atoms with E-state index in [4.69, 9.17) is 22.9 Å². The summed E-state index contributed by atoms with van der Waals surface area (Å²) in [4.78, 5) is 37.5. The van der Waals surface area contributed by atoms with E-state index in [-0.39, 0.29) is 6.61 Å². The van der Waals surface area contributed by atoms with Gasteiger partial charge < -0.3 is 19.2 Å². The van der Waals surface area contributed by atoms with Crippen molar-refractivity contribution in [3.63, 3.8) is 0 Å². The summed E-state index contributed by atoms with van der Waals surface area (Å²) in [5.41, 5.74) is -0.762. The van der Waals surface area contributed by atoms with Crippen molar-refractivity contribution >= 4 is 28.3 Å². The summed E-state index contributed by atoms with van der Waals surface area (Å²) < 4.78 is 29.0. The van der Waals surface area contributed by atoms with E-state index in [1.54, 1.807) is 48.5 Å². The van der Waals surface area contributed by atoms with Gasteiger partial charge in [0.15, 0.2) is 8.32 Å². The maximum absolute atomic E-state index is 12.8. The van der Waals surface area contributed by atoms with Crippen LogP contribution in [0.2, 0.25) is 19.6 Å². The number of amides is 1. The number of esters is 1. The van der Waals surface area contributed by atoms with Gasteiger partial charge in [0.05, 0.1) is 13.0 Å². The van der Waals surface area contributed by atoms with Crippen LogP contribution in [0.5, 0.6) is 0 Å². The van der Waals surface area contributed by atoms with Crippen LogP contribution in [0.25, 0.3) is 0 Å². The molecule has 0 radical (unpaired) electrons. The van der Waals surface area contributed by atoms with E-state index in [1.165, 1.54) is 7.11 Å². The molecular weight excluding hydrogens is 501 g/mol. The van der Waals surface area contributed by atoms with E-state index < -0.39 is 57.3 Å². The summed E-state index contributed by atoms with van der Waals surface area (Å²) in [7, 11) is -4.87. The van der Waals surface area contributed by atoms with Crippen LogP contribution in [0.15, 0.2) is 30.3 Å². The van der Waals surface area contributed by atoms with Gasteiger partial charge in [-0.1, -0.05) is 37.3 Å². The molecule has 2 N–H and O–H groups in total.